The molecule has 0 spiro atoms. The van der Waals surface area contributed by atoms with Gasteiger partial charge >= 0.3 is 0 Å². The van der Waals surface area contributed by atoms with Crippen molar-refractivity contribution in [3.63, 3.8) is 0 Å². The highest BCUT2D eigenvalue weighted by Gasteiger charge is 2.01. The summed E-state index contributed by atoms with van der Waals surface area (Å²) < 4.78 is 5.33. The molecule has 0 aliphatic carbocycles. The van der Waals surface area contributed by atoms with Crippen molar-refractivity contribution in [2.45, 2.75) is 26.8 Å². The number of para-hydroxylation sites is 1. The lowest BCUT2D eigenvalue weighted by molar-refractivity contribution is 0.298. The van der Waals surface area contributed by atoms with Crippen LogP contribution < -0.4 is 10.1 Å². The van der Waals surface area contributed by atoms with E-state index in [1.807, 2.05) is 12.1 Å². The summed E-state index contributed by atoms with van der Waals surface area (Å²) in [4.78, 5) is 2.45. The zero-order valence-electron chi connectivity index (χ0n) is 12.7. The first-order valence-corrected chi connectivity index (χ1v) is 6.86. The molecule has 1 rings (SSSR count). The van der Waals surface area contributed by atoms with Gasteiger partial charge in [-0.3, -0.25) is 0 Å². The Balaban J connectivity index is 0. The zero-order valence-corrected chi connectivity index (χ0v) is 14.4. The molecule has 0 saturated carbocycles. The van der Waals surface area contributed by atoms with E-state index in [4.69, 9.17) is 4.74 Å². The molecule has 0 saturated heterocycles. The summed E-state index contributed by atoms with van der Waals surface area (Å²) in [5.41, 5.74) is 1.22. The third kappa shape index (κ3) is 7.95. The Morgan fingerprint density at radius 2 is 1.75 bits per heavy atom. The van der Waals surface area contributed by atoms with Crippen molar-refractivity contribution < 1.29 is 4.74 Å². The summed E-state index contributed by atoms with van der Waals surface area (Å²) in [5.74, 6) is 0.966. The quantitative estimate of drug-likeness (QED) is 0.705. The van der Waals surface area contributed by atoms with Crippen molar-refractivity contribution in [3.8, 4) is 5.75 Å². The van der Waals surface area contributed by atoms with Crippen LogP contribution in [0.25, 0.3) is 0 Å². The van der Waals surface area contributed by atoms with Gasteiger partial charge in [-0.1, -0.05) is 32.0 Å². The van der Waals surface area contributed by atoms with E-state index in [9.17, 15) is 0 Å². The van der Waals surface area contributed by atoms with Gasteiger partial charge in [-0.2, -0.15) is 0 Å². The molecular weight excluding hydrogens is 295 g/mol. The molecule has 0 radical (unpaired) electrons. The van der Waals surface area contributed by atoms with Crippen LogP contribution in [0.1, 0.15) is 25.8 Å². The maximum atomic E-state index is 5.33. The molecule has 0 atom stereocenters. The normalized spacial score (nSPS) is 9.80. The molecule has 0 unspecified atom stereocenters. The fourth-order valence-corrected chi connectivity index (χ4v) is 2.04. The third-order valence-electron chi connectivity index (χ3n) is 3.23. The highest BCUT2D eigenvalue weighted by Crippen LogP contribution is 2.16. The Labute approximate surface area is 135 Å². The second-order valence-corrected chi connectivity index (χ2v) is 4.37. The van der Waals surface area contributed by atoms with Crippen molar-refractivity contribution in [2.75, 3.05) is 33.3 Å². The van der Waals surface area contributed by atoms with Gasteiger partial charge in [0.2, 0.25) is 0 Å². The highest BCUT2D eigenvalue weighted by atomic mass is 35.5. The second-order valence-electron chi connectivity index (χ2n) is 4.37. The molecule has 3 nitrogen and oxygen atoms in total. The average Bonchev–Trinajstić information content (AvgIpc) is 2.43. The van der Waals surface area contributed by atoms with Gasteiger partial charge in [-0.15, -0.1) is 24.8 Å². The number of nitrogens with one attached hydrogen (secondary N) is 1. The topological polar surface area (TPSA) is 24.5 Å². The predicted octanol–water partition coefficient (Wildman–Crippen LogP) is 3.36. The van der Waals surface area contributed by atoms with Gasteiger partial charge in [-0.05, 0) is 38.7 Å². The van der Waals surface area contributed by atoms with Crippen molar-refractivity contribution in [2.24, 2.45) is 0 Å². The van der Waals surface area contributed by atoms with Crippen LogP contribution in [-0.4, -0.2) is 38.2 Å². The minimum atomic E-state index is 0. The number of hydrogen-bond donors (Lipinski definition) is 1. The molecule has 1 aromatic rings. The van der Waals surface area contributed by atoms with Crippen molar-refractivity contribution >= 4 is 24.8 Å². The third-order valence-corrected chi connectivity index (χ3v) is 3.23. The molecule has 0 bridgehead atoms. The number of rotatable bonds is 9. The van der Waals surface area contributed by atoms with E-state index >= 15 is 0 Å². The molecule has 0 amide bonds. The van der Waals surface area contributed by atoms with E-state index in [1.165, 1.54) is 18.5 Å². The molecule has 0 aromatic heterocycles. The average molecular weight is 323 g/mol. The molecule has 20 heavy (non-hydrogen) atoms. The summed E-state index contributed by atoms with van der Waals surface area (Å²) in [6.07, 6.45) is 1.19. The van der Waals surface area contributed by atoms with Crippen LogP contribution in [0.4, 0.5) is 0 Å². The number of benzene rings is 1. The Bertz CT molecular complexity index is 333. The van der Waals surface area contributed by atoms with E-state index in [1.54, 1.807) is 7.11 Å². The van der Waals surface area contributed by atoms with Gasteiger partial charge in [0, 0.05) is 12.1 Å². The van der Waals surface area contributed by atoms with Crippen molar-refractivity contribution in [1.29, 1.82) is 0 Å². The SMILES string of the molecule is CCN(CC)CCCNCc1ccccc1OC.Cl.Cl. The highest BCUT2D eigenvalue weighted by molar-refractivity contribution is 5.85. The van der Waals surface area contributed by atoms with Gasteiger partial charge in [0.1, 0.15) is 5.75 Å². The van der Waals surface area contributed by atoms with Crippen LogP contribution in [0.15, 0.2) is 24.3 Å². The lowest BCUT2D eigenvalue weighted by atomic mass is 10.2. The molecule has 118 valence electrons. The van der Waals surface area contributed by atoms with Crippen LogP contribution in [0.5, 0.6) is 5.75 Å². The van der Waals surface area contributed by atoms with Gasteiger partial charge in [-0.25, -0.2) is 0 Å². The van der Waals surface area contributed by atoms with Crippen LogP contribution >= 0.6 is 24.8 Å². The molecule has 1 N–H and O–H groups in total. The number of methoxy groups -OCH3 is 1. The van der Waals surface area contributed by atoms with E-state index in [-0.39, 0.29) is 24.8 Å². The van der Waals surface area contributed by atoms with Gasteiger partial charge in [0.15, 0.2) is 0 Å². The molecule has 1 aromatic carbocycles. The minimum Gasteiger partial charge on any atom is -0.496 e. The van der Waals surface area contributed by atoms with E-state index in [2.05, 4.69) is 36.2 Å². The summed E-state index contributed by atoms with van der Waals surface area (Å²) >= 11 is 0. The minimum absolute atomic E-state index is 0. The molecule has 0 aliphatic rings. The molecule has 0 fully saturated rings. The molecular formula is C15H28Cl2N2O. The molecule has 0 heterocycles. The van der Waals surface area contributed by atoms with Gasteiger partial charge in [0.25, 0.3) is 0 Å². The van der Waals surface area contributed by atoms with E-state index in [0.717, 1.165) is 31.9 Å². The number of halogens is 2. The first-order chi connectivity index (χ1) is 8.81. The smallest absolute Gasteiger partial charge is 0.123 e. The Morgan fingerprint density at radius 1 is 1.10 bits per heavy atom. The van der Waals surface area contributed by atoms with Crippen LogP contribution in [0, 0.1) is 0 Å². The van der Waals surface area contributed by atoms with Crippen LogP contribution in [-0.2, 0) is 6.54 Å². The van der Waals surface area contributed by atoms with Crippen molar-refractivity contribution in [1.82, 2.24) is 10.2 Å². The fourth-order valence-electron chi connectivity index (χ4n) is 2.04. The number of ether oxygens (including phenoxy) is 1. The first kappa shape index (κ1) is 21.8. The van der Waals surface area contributed by atoms with E-state index in [0.29, 0.717) is 0 Å². The Hall–Kier alpha value is -0.480. The maximum absolute atomic E-state index is 5.33. The zero-order chi connectivity index (χ0) is 13.2. The maximum Gasteiger partial charge on any atom is 0.123 e. The largest absolute Gasteiger partial charge is 0.496 e. The van der Waals surface area contributed by atoms with Crippen LogP contribution in [0.2, 0.25) is 0 Å². The number of nitrogens with zero attached hydrogens (tertiary/aromatic N) is 1. The second kappa shape index (κ2) is 13.5. The van der Waals surface area contributed by atoms with Crippen molar-refractivity contribution in [3.05, 3.63) is 29.8 Å². The van der Waals surface area contributed by atoms with Gasteiger partial charge < -0.3 is 15.0 Å². The summed E-state index contributed by atoms with van der Waals surface area (Å²) in [5, 5.41) is 3.47. The Morgan fingerprint density at radius 3 is 2.35 bits per heavy atom. The summed E-state index contributed by atoms with van der Waals surface area (Å²) in [6, 6.07) is 8.17. The Kier molecular flexibility index (Phi) is 14.7. The lowest BCUT2D eigenvalue weighted by Crippen LogP contribution is -2.27. The standard InChI is InChI=1S/C15H26N2O.2ClH/c1-4-17(5-2)12-8-11-16-13-14-9-6-7-10-15(14)18-3;;/h6-7,9-10,16H,4-5,8,11-13H2,1-3H3;2*1H. The monoisotopic (exact) mass is 322 g/mol. The number of hydrogen-bond acceptors (Lipinski definition) is 3. The molecule has 5 heteroatoms. The fraction of sp³-hybridized carbons (Fsp3) is 0.600. The summed E-state index contributed by atoms with van der Waals surface area (Å²) in [7, 11) is 1.72. The lowest BCUT2D eigenvalue weighted by Gasteiger charge is -2.17. The van der Waals surface area contributed by atoms with Crippen LogP contribution in [0.3, 0.4) is 0 Å². The van der Waals surface area contributed by atoms with Gasteiger partial charge in [0.05, 0.1) is 7.11 Å². The first-order valence-electron chi connectivity index (χ1n) is 6.86. The summed E-state index contributed by atoms with van der Waals surface area (Å²) in [6.45, 7) is 9.81. The van der Waals surface area contributed by atoms with E-state index < -0.39 is 0 Å². The molecule has 0 aliphatic heterocycles. The predicted molar refractivity (Wildman–Crippen MR) is 91.6 cm³/mol.